The van der Waals surface area contributed by atoms with Crippen molar-refractivity contribution in [1.82, 2.24) is 5.32 Å². The van der Waals surface area contributed by atoms with E-state index in [4.69, 9.17) is 4.74 Å². The highest BCUT2D eigenvalue weighted by Gasteiger charge is 2.27. The molecular weight excluding hydrogens is 246 g/mol. The van der Waals surface area contributed by atoms with Gasteiger partial charge in [-0.1, -0.05) is 72.6 Å². The monoisotopic (exact) mass is 285 g/mol. The molecule has 1 unspecified atom stereocenters. The molecule has 2 heteroatoms. The van der Waals surface area contributed by atoms with Crippen molar-refractivity contribution in [3.8, 4) is 0 Å². The Morgan fingerprint density at radius 1 is 1.00 bits per heavy atom. The third kappa shape index (κ3) is 9.77. The predicted molar refractivity (Wildman–Crippen MR) is 90.3 cm³/mol. The van der Waals surface area contributed by atoms with E-state index in [-0.39, 0.29) is 0 Å². The van der Waals surface area contributed by atoms with Gasteiger partial charge in [0, 0.05) is 20.2 Å². The minimum absolute atomic E-state index is 0.428. The number of nitrogens with one attached hydrogen (secondary N) is 1. The molecule has 2 nitrogen and oxygen atoms in total. The third-order valence-electron chi connectivity index (χ3n) is 4.76. The van der Waals surface area contributed by atoms with Crippen LogP contribution in [0.2, 0.25) is 0 Å². The lowest BCUT2D eigenvalue weighted by atomic mass is 9.75. The number of rotatable bonds is 14. The lowest BCUT2D eigenvalue weighted by Gasteiger charge is -2.34. The maximum absolute atomic E-state index is 5.10. The molecule has 0 aliphatic heterocycles. The maximum Gasteiger partial charge on any atom is 0.0587 e. The van der Waals surface area contributed by atoms with Gasteiger partial charge in [0.2, 0.25) is 0 Å². The first-order valence-corrected chi connectivity index (χ1v) is 8.76. The highest BCUT2D eigenvalue weighted by atomic mass is 16.5. The van der Waals surface area contributed by atoms with Crippen LogP contribution in [0.25, 0.3) is 0 Å². The van der Waals surface area contributed by atoms with Gasteiger partial charge in [-0.2, -0.15) is 0 Å². The number of ether oxygens (including phenoxy) is 1. The molecule has 0 aliphatic carbocycles. The summed E-state index contributed by atoms with van der Waals surface area (Å²) in [6.45, 7) is 12.3. The van der Waals surface area contributed by atoms with E-state index >= 15 is 0 Å². The van der Waals surface area contributed by atoms with Gasteiger partial charge < -0.3 is 10.1 Å². The first kappa shape index (κ1) is 19.9. The molecule has 1 N–H and O–H groups in total. The second-order valence-corrected chi connectivity index (χ2v) is 6.85. The quantitative estimate of drug-likeness (QED) is 0.452. The highest BCUT2D eigenvalue weighted by Crippen LogP contribution is 2.32. The fourth-order valence-electron chi connectivity index (χ4n) is 2.62. The van der Waals surface area contributed by atoms with E-state index in [1.807, 2.05) is 0 Å². The zero-order valence-corrected chi connectivity index (χ0v) is 14.8. The second kappa shape index (κ2) is 12.6. The summed E-state index contributed by atoms with van der Waals surface area (Å²) in [6.07, 6.45) is 11.2. The fraction of sp³-hybridized carbons (Fsp3) is 1.00. The summed E-state index contributed by atoms with van der Waals surface area (Å²) in [7, 11) is 1.77. The van der Waals surface area contributed by atoms with Gasteiger partial charge in [0.15, 0.2) is 0 Å². The average Bonchev–Trinajstić information content (AvgIpc) is 2.42. The summed E-state index contributed by atoms with van der Waals surface area (Å²) in [5.74, 6) is 0.734. The Labute approximate surface area is 128 Å². The smallest absolute Gasteiger partial charge is 0.0587 e. The van der Waals surface area contributed by atoms with Crippen LogP contribution in [0.4, 0.5) is 0 Å². The van der Waals surface area contributed by atoms with E-state index in [2.05, 4.69) is 33.0 Å². The van der Waals surface area contributed by atoms with Crippen molar-refractivity contribution in [2.24, 2.45) is 11.3 Å². The molecule has 0 aromatic rings. The Hall–Kier alpha value is -0.0800. The first-order valence-electron chi connectivity index (χ1n) is 8.76. The van der Waals surface area contributed by atoms with Gasteiger partial charge in [-0.25, -0.2) is 0 Å². The molecule has 0 rings (SSSR count). The van der Waals surface area contributed by atoms with E-state index in [0.29, 0.717) is 5.41 Å². The van der Waals surface area contributed by atoms with Crippen LogP contribution in [0, 0.1) is 11.3 Å². The SMILES string of the molecule is CCCCCCCCCC(C)(CNCCOC)C(C)C. The summed E-state index contributed by atoms with van der Waals surface area (Å²) in [5.41, 5.74) is 0.428. The topological polar surface area (TPSA) is 21.3 Å². The normalized spacial score (nSPS) is 14.7. The molecule has 122 valence electrons. The highest BCUT2D eigenvalue weighted by molar-refractivity contribution is 4.80. The van der Waals surface area contributed by atoms with E-state index in [0.717, 1.165) is 25.6 Å². The zero-order valence-electron chi connectivity index (χ0n) is 14.8. The van der Waals surface area contributed by atoms with Crippen LogP contribution in [0.5, 0.6) is 0 Å². The summed E-state index contributed by atoms with van der Waals surface area (Å²) >= 11 is 0. The first-order chi connectivity index (χ1) is 9.56. The number of methoxy groups -OCH3 is 1. The van der Waals surface area contributed by atoms with Crippen molar-refractivity contribution in [2.75, 3.05) is 26.8 Å². The average molecular weight is 286 g/mol. The lowest BCUT2D eigenvalue weighted by Crippen LogP contribution is -2.37. The van der Waals surface area contributed by atoms with Crippen LogP contribution in [0.1, 0.15) is 79.1 Å². The van der Waals surface area contributed by atoms with Crippen LogP contribution >= 0.6 is 0 Å². The Balaban J connectivity index is 3.77. The van der Waals surface area contributed by atoms with Gasteiger partial charge in [0.05, 0.1) is 6.61 Å². The van der Waals surface area contributed by atoms with Crippen LogP contribution in [-0.4, -0.2) is 26.8 Å². The molecule has 0 amide bonds. The Morgan fingerprint density at radius 3 is 2.15 bits per heavy atom. The molecule has 0 aliphatic rings. The lowest BCUT2D eigenvalue weighted by molar-refractivity contribution is 0.164. The standard InChI is InChI=1S/C18H39NO/c1-6-7-8-9-10-11-12-13-18(4,17(2)3)16-19-14-15-20-5/h17,19H,6-16H2,1-5H3. The summed E-state index contributed by atoms with van der Waals surface area (Å²) in [5, 5.41) is 3.55. The van der Waals surface area contributed by atoms with E-state index in [1.165, 1.54) is 51.4 Å². The van der Waals surface area contributed by atoms with Gasteiger partial charge in [-0.3, -0.25) is 0 Å². The van der Waals surface area contributed by atoms with Crippen LogP contribution in [0.3, 0.4) is 0 Å². The van der Waals surface area contributed by atoms with E-state index in [9.17, 15) is 0 Å². The van der Waals surface area contributed by atoms with E-state index in [1.54, 1.807) is 7.11 Å². The van der Waals surface area contributed by atoms with E-state index < -0.39 is 0 Å². The predicted octanol–water partition coefficient (Wildman–Crippen LogP) is 5.03. The van der Waals surface area contributed by atoms with Crippen LogP contribution < -0.4 is 5.32 Å². The summed E-state index contributed by atoms with van der Waals surface area (Å²) < 4.78 is 5.10. The number of hydrogen-bond acceptors (Lipinski definition) is 2. The van der Waals surface area contributed by atoms with Crippen molar-refractivity contribution < 1.29 is 4.74 Å². The van der Waals surface area contributed by atoms with Crippen molar-refractivity contribution in [3.05, 3.63) is 0 Å². The number of unbranched alkanes of at least 4 members (excludes halogenated alkanes) is 6. The van der Waals surface area contributed by atoms with Crippen LogP contribution in [0.15, 0.2) is 0 Å². The second-order valence-electron chi connectivity index (χ2n) is 6.85. The molecule has 0 saturated carbocycles. The van der Waals surface area contributed by atoms with Gasteiger partial charge in [0.25, 0.3) is 0 Å². The fourth-order valence-corrected chi connectivity index (χ4v) is 2.62. The Morgan fingerprint density at radius 2 is 1.60 bits per heavy atom. The Kier molecular flexibility index (Phi) is 12.6. The molecular formula is C18H39NO. The Bertz CT molecular complexity index is 206. The third-order valence-corrected chi connectivity index (χ3v) is 4.76. The molecule has 0 saturated heterocycles. The molecule has 0 fully saturated rings. The molecule has 0 aromatic carbocycles. The van der Waals surface area contributed by atoms with Gasteiger partial charge in [0.1, 0.15) is 0 Å². The largest absolute Gasteiger partial charge is 0.383 e. The molecule has 20 heavy (non-hydrogen) atoms. The maximum atomic E-state index is 5.10. The number of hydrogen-bond donors (Lipinski definition) is 1. The van der Waals surface area contributed by atoms with Gasteiger partial charge in [-0.15, -0.1) is 0 Å². The van der Waals surface area contributed by atoms with Gasteiger partial charge >= 0.3 is 0 Å². The minimum atomic E-state index is 0.428. The zero-order chi connectivity index (χ0) is 15.3. The molecule has 0 aromatic heterocycles. The summed E-state index contributed by atoms with van der Waals surface area (Å²) in [4.78, 5) is 0. The van der Waals surface area contributed by atoms with Crippen molar-refractivity contribution in [2.45, 2.75) is 79.1 Å². The van der Waals surface area contributed by atoms with Crippen molar-refractivity contribution in [3.63, 3.8) is 0 Å². The van der Waals surface area contributed by atoms with Gasteiger partial charge in [-0.05, 0) is 17.8 Å². The summed E-state index contributed by atoms with van der Waals surface area (Å²) in [6, 6.07) is 0. The van der Waals surface area contributed by atoms with Crippen LogP contribution in [-0.2, 0) is 4.74 Å². The minimum Gasteiger partial charge on any atom is -0.383 e. The molecule has 0 bridgehead atoms. The molecule has 0 spiro atoms. The molecule has 1 atom stereocenters. The molecule has 0 radical (unpaired) electrons. The molecule has 0 heterocycles. The van der Waals surface area contributed by atoms with Crippen molar-refractivity contribution in [1.29, 1.82) is 0 Å². The van der Waals surface area contributed by atoms with Crippen molar-refractivity contribution >= 4 is 0 Å².